The lowest BCUT2D eigenvalue weighted by atomic mass is 9.92. The number of unbranched alkanes of at least 4 members (excludes halogenated alkanes) is 27. The zero-order valence-corrected chi connectivity index (χ0v) is 40.4. The average molecular weight is 892 g/mol. The summed E-state index contributed by atoms with van der Waals surface area (Å²) in [6, 6.07) is -1.26. The van der Waals surface area contributed by atoms with E-state index in [1.54, 1.807) is 0 Å². The molecule has 61 heavy (non-hydrogen) atoms. The summed E-state index contributed by atoms with van der Waals surface area (Å²) in [7, 11) is -3.71. The van der Waals surface area contributed by atoms with Crippen LogP contribution in [0, 0.1) is 0 Å². The quantitative estimate of drug-likeness (QED) is 0.0339. The molecule has 0 aromatic heterocycles. The van der Waals surface area contributed by atoms with Crippen LogP contribution in [0.5, 0.6) is 0 Å². The van der Waals surface area contributed by atoms with Gasteiger partial charge < -0.3 is 39.2 Å². The number of hydrogen-bond donors (Lipinski definition) is 4. The van der Waals surface area contributed by atoms with Gasteiger partial charge in [0.15, 0.2) is 6.10 Å². The highest BCUT2D eigenvalue weighted by molar-refractivity contribution is 7.46. The van der Waals surface area contributed by atoms with E-state index in [-0.39, 0.29) is 31.6 Å². The smallest absolute Gasteiger partial charge is 0.470 e. The number of ether oxygens (including phenoxy) is 4. The first-order chi connectivity index (χ1) is 29.6. The van der Waals surface area contributed by atoms with E-state index < -0.39 is 44.2 Å². The number of carbonyl (C=O) groups is 2. The van der Waals surface area contributed by atoms with Crippen LogP contribution in [0.2, 0.25) is 0 Å². The van der Waals surface area contributed by atoms with Gasteiger partial charge >= 0.3 is 13.8 Å². The first-order valence-corrected chi connectivity index (χ1v) is 26.7. The van der Waals surface area contributed by atoms with E-state index >= 15 is 0 Å². The Morgan fingerprint density at radius 3 is 1.49 bits per heavy atom. The van der Waals surface area contributed by atoms with Crippen LogP contribution in [0.4, 0.5) is 0 Å². The van der Waals surface area contributed by atoms with E-state index in [0.717, 1.165) is 51.4 Å². The van der Waals surface area contributed by atoms with Crippen molar-refractivity contribution in [1.29, 1.82) is 0 Å². The van der Waals surface area contributed by atoms with Gasteiger partial charge in [-0.1, -0.05) is 201 Å². The van der Waals surface area contributed by atoms with E-state index in [1.807, 2.05) is 0 Å². The summed E-state index contributed by atoms with van der Waals surface area (Å²) in [5, 5.41) is 13.1. The van der Waals surface area contributed by atoms with Gasteiger partial charge in [0.05, 0.1) is 18.8 Å². The number of aliphatic carboxylic acids is 1. The Hall–Kier alpha value is -1.11. The molecule has 0 aromatic rings. The SMILES string of the molecule is CCCCCCCCCCCCCC(=O)N[C@@H]1[C@@H](OCC[C@@H](CCCCCCCCCCC)OCCCCCCCCCCCC)[C@H](OP(=O)(O)O)[C@@H](COC)O[C@@H]1C(=O)O. The average Bonchev–Trinajstić information content (AvgIpc) is 3.22. The largest absolute Gasteiger partial charge is 0.479 e. The molecule has 1 saturated heterocycles. The predicted octanol–water partition coefficient (Wildman–Crippen LogP) is 12.2. The maximum atomic E-state index is 13.4. The molecule has 0 bridgehead atoms. The molecule has 1 aliphatic rings. The zero-order valence-electron chi connectivity index (χ0n) is 39.5. The molecule has 362 valence electrons. The highest BCUT2D eigenvalue weighted by atomic mass is 31.2. The summed E-state index contributed by atoms with van der Waals surface area (Å²) < 4.78 is 41.5. The Morgan fingerprint density at radius 2 is 1.05 bits per heavy atom. The second kappa shape index (κ2) is 39.3. The summed E-state index contributed by atoms with van der Waals surface area (Å²) in [6.45, 7) is 7.27. The van der Waals surface area contributed by atoms with E-state index in [1.165, 1.54) is 148 Å². The fourth-order valence-corrected chi connectivity index (χ4v) is 9.04. The summed E-state index contributed by atoms with van der Waals surface area (Å²) in [6.07, 6.45) is 32.0. The molecule has 4 N–H and O–H groups in total. The Balaban J connectivity index is 2.94. The second-order valence-electron chi connectivity index (χ2n) is 17.7. The monoisotopic (exact) mass is 892 g/mol. The third-order valence-corrected chi connectivity index (χ3v) is 12.6. The lowest BCUT2D eigenvalue weighted by Crippen LogP contribution is -2.67. The fourth-order valence-electron chi connectivity index (χ4n) is 8.47. The van der Waals surface area contributed by atoms with Crippen LogP contribution in [0.25, 0.3) is 0 Å². The lowest BCUT2D eigenvalue weighted by molar-refractivity contribution is -0.215. The summed E-state index contributed by atoms with van der Waals surface area (Å²) in [5.74, 6) is -1.69. The molecule has 12 nitrogen and oxygen atoms in total. The van der Waals surface area contributed by atoms with Crippen molar-refractivity contribution in [2.24, 2.45) is 0 Å². The maximum absolute atomic E-state index is 13.4. The predicted molar refractivity (Wildman–Crippen MR) is 246 cm³/mol. The van der Waals surface area contributed by atoms with Gasteiger partial charge in [-0.2, -0.15) is 0 Å². The minimum Gasteiger partial charge on any atom is -0.479 e. The number of phosphoric acid groups is 1. The van der Waals surface area contributed by atoms with Crippen molar-refractivity contribution in [3.8, 4) is 0 Å². The summed E-state index contributed by atoms with van der Waals surface area (Å²) >= 11 is 0. The van der Waals surface area contributed by atoms with Crippen molar-refractivity contribution >= 4 is 19.7 Å². The van der Waals surface area contributed by atoms with Gasteiger partial charge in [0, 0.05) is 26.7 Å². The van der Waals surface area contributed by atoms with Gasteiger partial charge in [0.2, 0.25) is 5.91 Å². The molecular weight excluding hydrogens is 797 g/mol. The van der Waals surface area contributed by atoms with Crippen LogP contribution in [-0.4, -0.2) is 90.3 Å². The topological polar surface area (TPSA) is 170 Å². The van der Waals surface area contributed by atoms with Crippen LogP contribution in [0.3, 0.4) is 0 Å². The van der Waals surface area contributed by atoms with Crippen LogP contribution in [0.15, 0.2) is 0 Å². The molecule has 0 saturated carbocycles. The van der Waals surface area contributed by atoms with E-state index in [0.29, 0.717) is 19.4 Å². The highest BCUT2D eigenvalue weighted by Crippen LogP contribution is 2.42. The molecule has 13 heteroatoms. The van der Waals surface area contributed by atoms with Crippen molar-refractivity contribution in [1.82, 2.24) is 5.32 Å². The minimum absolute atomic E-state index is 0.0942. The summed E-state index contributed by atoms with van der Waals surface area (Å²) in [4.78, 5) is 45.9. The molecule has 1 aliphatic heterocycles. The Bertz CT molecular complexity index is 1080. The van der Waals surface area contributed by atoms with E-state index in [9.17, 15) is 29.0 Å². The fraction of sp³-hybridized carbons (Fsp3) is 0.958. The van der Waals surface area contributed by atoms with Gasteiger partial charge in [0.1, 0.15) is 18.3 Å². The Labute approximate surface area is 372 Å². The Morgan fingerprint density at radius 1 is 0.607 bits per heavy atom. The number of carboxylic acid groups (broad SMARTS) is 1. The van der Waals surface area contributed by atoms with E-state index in [4.69, 9.17) is 23.5 Å². The molecule has 1 heterocycles. The van der Waals surface area contributed by atoms with Crippen molar-refractivity contribution in [2.75, 3.05) is 26.9 Å². The number of carbonyl (C=O) groups excluding carboxylic acids is 1. The van der Waals surface area contributed by atoms with Crippen LogP contribution < -0.4 is 5.32 Å². The van der Waals surface area contributed by atoms with Crippen LogP contribution >= 0.6 is 7.82 Å². The molecular formula is C48H94NO11P. The van der Waals surface area contributed by atoms with Crippen LogP contribution in [0.1, 0.15) is 233 Å². The molecule has 0 aliphatic carbocycles. The molecule has 0 radical (unpaired) electrons. The number of carboxylic acids is 1. The molecule has 1 fully saturated rings. The van der Waals surface area contributed by atoms with Gasteiger partial charge in [-0.3, -0.25) is 9.32 Å². The molecule has 1 amide bonds. The second-order valence-corrected chi connectivity index (χ2v) is 18.9. The number of nitrogens with one attached hydrogen (secondary N) is 1. The number of phosphoric ester groups is 1. The van der Waals surface area contributed by atoms with Gasteiger partial charge in [-0.15, -0.1) is 0 Å². The van der Waals surface area contributed by atoms with Gasteiger partial charge in [-0.05, 0) is 25.7 Å². The normalized spacial score (nSPS) is 19.9. The third-order valence-electron chi connectivity index (χ3n) is 12.1. The Kier molecular flexibility index (Phi) is 37.3. The van der Waals surface area contributed by atoms with Crippen molar-refractivity contribution in [3.05, 3.63) is 0 Å². The van der Waals surface area contributed by atoms with Gasteiger partial charge in [-0.25, -0.2) is 9.36 Å². The molecule has 0 spiro atoms. The lowest BCUT2D eigenvalue weighted by Gasteiger charge is -2.45. The number of methoxy groups -OCH3 is 1. The van der Waals surface area contributed by atoms with Gasteiger partial charge in [0.25, 0.3) is 0 Å². The molecule has 1 rings (SSSR count). The third kappa shape index (κ3) is 31.4. The van der Waals surface area contributed by atoms with Crippen molar-refractivity contribution < 1.29 is 52.5 Å². The first kappa shape index (κ1) is 57.9. The first-order valence-electron chi connectivity index (χ1n) is 25.2. The molecule has 0 unspecified atom stereocenters. The highest BCUT2D eigenvalue weighted by Gasteiger charge is 2.52. The maximum Gasteiger partial charge on any atom is 0.470 e. The standard InChI is InChI=1S/C48H94NO11P/c1-5-8-11-14-17-20-22-24-27-30-33-36-43(50)49-44-46(45(60-61(53,54)55)42(40-56-4)59-47(44)48(51)52)58-39-37-41(35-32-29-26-23-19-16-13-10-7-3)57-38-34-31-28-25-21-18-15-12-9-6-2/h41-42,44-47H,5-40H2,1-4H3,(H,49,50)(H,51,52)(H2,53,54,55)/t41-,42-,44-,45-,46-,47+/m1/s1. The zero-order chi connectivity index (χ0) is 44.8. The molecule has 0 aromatic carbocycles. The van der Waals surface area contributed by atoms with Crippen molar-refractivity contribution in [2.45, 2.75) is 269 Å². The number of rotatable bonds is 44. The van der Waals surface area contributed by atoms with E-state index in [2.05, 4.69) is 26.1 Å². The number of hydrogen-bond acceptors (Lipinski definition) is 8. The number of amides is 1. The van der Waals surface area contributed by atoms with Crippen LogP contribution in [-0.2, 0) is 37.6 Å². The van der Waals surface area contributed by atoms with Crippen molar-refractivity contribution in [3.63, 3.8) is 0 Å². The molecule has 6 atom stereocenters. The summed E-state index contributed by atoms with van der Waals surface area (Å²) in [5.41, 5.74) is 0. The minimum atomic E-state index is -5.10.